The quantitative estimate of drug-likeness (QED) is 0.256. The molecule has 0 radical (unpaired) electrons. The van der Waals surface area contributed by atoms with Crippen molar-refractivity contribution in [3.8, 4) is 23.0 Å². The summed E-state index contributed by atoms with van der Waals surface area (Å²) in [6.07, 6.45) is 10.3. The van der Waals surface area contributed by atoms with Crippen LogP contribution in [-0.4, -0.2) is 20.2 Å². The highest BCUT2D eigenvalue weighted by atomic mass is 32.1. The Bertz CT molecular complexity index is 1280. The molecule has 2 aliphatic carbocycles. The SMILES string of the molecule is COc1ccc2c(c1)OC1(c3ccc(OC)cc3OC(=O)c3cccs3)CCCCC1C21CCCCC1. The summed E-state index contributed by atoms with van der Waals surface area (Å²) in [7, 11) is 3.34. The van der Waals surface area contributed by atoms with Gasteiger partial charge in [0.15, 0.2) is 0 Å². The van der Waals surface area contributed by atoms with Gasteiger partial charge in [0.2, 0.25) is 0 Å². The molecule has 2 atom stereocenters. The molecule has 0 saturated heterocycles. The third-order valence-electron chi connectivity index (χ3n) is 8.85. The lowest BCUT2D eigenvalue weighted by molar-refractivity contribution is -0.0959. The van der Waals surface area contributed by atoms with E-state index in [4.69, 9.17) is 18.9 Å². The molecule has 1 aliphatic heterocycles. The molecule has 1 aromatic heterocycles. The Morgan fingerprint density at radius 2 is 1.62 bits per heavy atom. The lowest BCUT2D eigenvalue weighted by Crippen LogP contribution is -2.57. The van der Waals surface area contributed by atoms with Crippen LogP contribution < -0.4 is 18.9 Å². The Labute approximate surface area is 222 Å². The Morgan fingerprint density at radius 3 is 2.35 bits per heavy atom. The van der Waals surface area contributed by atoms with Gasteiger partial charge in [-0.05, 0) is 61.7 Å². The molecule has 2 aromatic carbocycles. The predicted octanol–water partition coefficient (Wildman–Crippen LogP) is 7.66. The van der Waals surface area contributed by atoms with Crippen molar-refractivity contribution in [2.24, 2.45) is 5.92 Å². The summed E-state index contributed by atoms with van der Waals surface area (Å²) in [5.41, 5.74) is 1.71. The van der Waals surface area contributed by atoms with Crippen LogP contribution in [0.25, 0.3) is 0 Å². The first-order chi connectivity index (χ1) is 18.1. The Balaban J connectivity index is 1.53. The molecule has 1 spiro atoms. The fourth-order valence-corrected chi connectivity index (χ4v) is 7.88. The van der Waals surface area contributed by atoms with Gasteiger partial charge >= 0.3 is 5.97 Å². The van der Waals surface area contributed by atoms with Gasteiger partial charge in [0.1, 0.15) is 33.5 Å². The molecule has 0 N–H and O–H groups in total. The molecule has 2 unspecified atom stereocenters. The smallest absolute Gasteiger partial charge is 0.353 e. The first kappa shape index (κ1) is 24.4. The molecule has 6 heteroatoms. The first-order valence-corrected chi connectivity index (χ1v) is 14.3. The number of fused-ring (bicyclic) bond motifs is 4. The summed E-state index contributed by atoms with van der Waals surface area (Å²) < 4.78 is 24.4. The van der Waals surface area contributed by atoms with Crippen molar-refractivity contribution in [1.29, 1.82) is 0 Å². The van der Waals surface area contributed by atoms with E-state index in [1.807, 2.05) is 23.6 Å². The number of hydrogen-bond donors (Lipinski definition) is 0. The number of carbonyl (C=O) groups excluding carboxylic acids is 1. The molecule has 0 bridgehead atoms. The van der Waals surface area contributed by atoms with E-state index in [0.29, 0.717) is 22.3 Å². The van der Waals surface area contributed by atoms with Crippen molar-refractivity contribution in [2.75, 3.05) is 14.2 Å². The van der Waals surface area contributed by atoms with Gasteiger partial charge in [0.05, 0.1) is 14.2 Å². The average Bonchev–Trinajstić information content (AvgIpc) is 3.49. The number of benzene rings is 2. The highest BCUT2D eigenvalue weighted by molar-refractivity contribution is 7.12. The van der Waals surface area contributed by atoms with Crippen LogP contribution in [0.4, 0.5) is 0 Å². The lowest BCUT2D eigenvalue weighted by atomic mass is 9.51. The summed E-state index contributed by atoms with van der Waals surface area (Å²) >= 11 is 1.38. The fraction of sp³-hybridized carbons (Fsp3) is 0.452. The zero-order valence-electron chi connectivity index (χ0n) is 21.6. The van der Waals surface area contributed by atoms with Crippen LogP contribution in [0, 0.1) is 5.92 Å². The fourth-order valence-electron chi connectivity index (χ4n) is 7.28. The number of hydrogen-bond acceptors (Lipinski definition) is 6. The second-order valence-electron chi connectivity index (χ2n) is 10.6. The van der Waals surface area contributed by atoms with E-state index in [-0.39, 0.29) is 11.4 Å². The van der Waals surface area contributed by atoms with Crippen molar-refractivity contribution in [1.82, 2.24) is 0 Å². The number of esters is 1. The maximum absolute atomic E-state index is 13.1. The van der Waals surface area contributed by atoms with E-state index in [0.717, 1.165) is 49.2 Å². The molecular weight excluding hydrogens is 484 g/mol. The molecule has 194 valence electrons. The highest BCUT2D eigenvalue weighted by Gasteiger charge is 2.60. The van der Waals surface area contributed by atoms with E-state index in [9.17, 15) is 4.79 Å². The number of thiophene rings is 1. The minimum Gasteiger partial charge on any atom is -0.497 e. The second-order valence-corrected chi connectivity index (χ2v) is 11.5. The number of carbonyl (C=O) groups is 1. The summed E-state index contributed by atoms with van der Waals surface area (Å²) in [4.78, 5) is 13.7. The molecule has 6 rings (SSSR count). The van der Waals surface area contributed by atoms with E-state index in [1.165, 1.54) is 42.6 Å². The van der Waals surface area contributed by atoms with Crippen LogP contribution >= 0.6 is 11.3 Å². The van der Waals surface area contributed by atoms with Gasteiger partial charge in [-0.3, -0.25) is 0 Å². The standard InChI is InChI=1S/C31H34O5S/c1-33-21-12-14-24(25(19-21)35-29(32)27-9-8-18-37-27)31-17-7-4-10-28(31)30(15-5-3-6-16-30)23-13-11-22(34-2)20-26(23)36-31/h8-9,11-14,18-20,28H,3-7,10,15-17H2,1-2H3. The molecular formula is C31H34O5S. The third kappa shape index (κ3) is 4.01. The van der Waals surface area contributed by atoms with Crippen molar-refractivity contribution in [3.05, 3.63) is 69.9 Å². The van der Waals surface area contributed by atoms with Gasteiger partial charge in [-0.25, -0.2) is 4.79 Å². The topological polar surface area (TPSA) is 54.0 Å². The highest BCUT2D eigenvalue weighted by Crippen LogP contribution is 2.64. The Morgan fingerprint density at radius 1 is 0.892 bits per heavy atom. The Hall–Kier alpha value is -2.99. The molecule has 2 saturated carbocycles. The van der Waals surface area contributed by atoms with E-state index in [1.54, 1.807) is 20.3 Å². The first-order valence-electron chi connectivity index (χ1n) is 13.4. The molecule has 2 heterocycles. The van der Waals surface area contributed by atoms with Crippen molar-refractivity contribution in [2.45, 2.75) is 68.8 Å². The second kappa shape index (κ2) is 9.71. The van der Waals surface area contributed by atoms with Crippen LogP contribution in [0.15, 0.2) is 53.9 Å². The van der Waals surface area contributed by atoms with E-state index in [2.05, 4.69) is 24.3 Å². The zero-order valence-corrected chi connectivity index (χ0v) is 22.4. The van der Waals surface area contributed by atoms with Gasteiger partial charge < -0.3 is 18.9 Å². The minimum atomic E-state index is -0.591. The molecule has 0 amide bonds. The van der Waals surface area contributed by atoms with Gasteiger partial charge in [0.25, 0.3) is 0 Å². The molecule has 5 nitrogen and oxygen atoms in total. The van der Waals surface area contributed by atoms with E-state index >= 15 is 0 Å². The summed E-state index contributed by atoms with van der Waals surface area (Å²) in [6, 6.07) is 15.9. The zero-order chi connectivity index (χ0) is 25.5. The largest absolute Gasteiger partial charge is 0.497 e. The molecule has 3 aliphatic rings. The molecule has 3 aromatic rings. The summed E-state index contributed by atoms with van der Waals surface area (Å²) in [6.45, 7) is 0. The third-order valence-corrected chi connectivity index (χ3v) is 9.70. The molecule has 37 heavy (non-hydrogen) atoms. The van der Waals surface area contributed by atoms with Crippen LogP contribution in [0.2, 0.25) is 0 Å². The summed E-state index contributed by atoms with van der Waals surface area (Å²) in [5.74, 6) is 2.84. The summed E-state index contributed by atoms with van der Waals surface area (Å²) in [5, 5.41) is 1.89. The lowest BCUT2D eigenvalue weighted by Gasteiger charge is -2.58. The van der Waals surface area contributed by atoms with Gasteiger partial charge in [-0.1, -0.05) is 37.8 Å². The van der Waals surface area contributed by atoms with Crippen LogP contribution in [0.1, 0.15) is 78.6 Å². The predicted molar refractivity (Wildman–Crippen MR) is 144 cm³/mol. The van der Waals surface area contributed by atoms with Gasteiger partial charge in [0, 0.05) is 34.6 Å². The number of rotatable bonds is 5. The number of ether oxygens (including phenoxy) is 4. The van der Waals surface area contributed by atoms with E-state index < -0.39 is 5.60 Å². The maximum atomic E-state index is 13.1. The van der Waals surface area contributed by atoms with Gasteiger partial charge in [-0.15, -0.1) is 11.3 Å². The van der Waals surface area contributed by atoms with Crippen LogP contribution in [0.5, 0.6) is 23.0 Å². The Kier molecular flexibility index (Phi) is 6.39. The van der Waals surface area contributed by atoms with Crippen molar-refractivity contribution in [3.63, 3.8) is 0 Å². The normalized spacial score (nSPS) is 23.9. The molecule has 2 fully saturated rings. The van der Waals surface area contributed by atoms with Crippen LogP contribution in [-0.2, 0) is 11.0 Å². The minimum absolute atomic E-state index is 0.0352. The van der Waals surface area contributed by atoms with Crippen LogP contribution in [0.3, 0.4) is 0 Å². The van der Waals surface area contributed by atoms with Crippen molar-refractivity contribution >= 4 is 17.3 Å². The number of methoxy groups -OCH3 is 2. The monoisotopic (exact) mass is 518 g/mol. The average molecular weight is 519 g/mol. The van der Waals surface area contributed by atoms with Crippen molar-refractivity contribution < 1.29 is 23.7 Å². The maximum Gasteiger partial charge on any atom is 0.353 e. The van der Waals surface area contributed by atoms with Gasteiger partial charge in [-0.2, -0.15) is 0 Å².